The highest BCUT2D eigenvalue weighted by molar-refractivity contribution is 5.87. The molecule has 4 aliphatic carbocycles. The molecule has 0 aromatic heterocycles. The van der Waals surface area contributed by atoms with E-state index >= 15 is 0 Å². The van der Waals surface area contributed by atoms with Crippen LogP contribution >= 0.6 is 0 Å². The number of hydrogen-bond donors (Lipinski definition) is 0. The zero-order valence-corrected chi connectivity index (χ0v) is 13.3. The molecule has 0 saturated heterocycles. The number of Topliss-reactive ketones (excluding diaryl/α,β-unsaturated/α-hetero) is 1. The molecule has 0 aliphatic heterocycles. The Kier molecular flexibility index (Phi) is 2.87. The fourth-order valence-electron chi connectivity index (χ4n) is 6.24. The van der Waals surface area contributed by atoms with Crippen LogP contribution in [0.15, 0.2) is 24.3 Å². The Morgan fingerprint density at radius 3 is 2.52 bits per heavy atom. The highest BCUT2D eigenvalue weighted by atomic mass is 16.1. The number of benzene rings is 1. The van der Waals surface area contributed by atoms with E-state index in [1.807, 2.05) is 0 Å². The van der Waals surface area contributed by atoms with Crippen molar-refractivity contribution in [2.75, 3.05) is 0 Å². The van der Waals surface area contributed by atoms with E-state index in [0.29, 0.717) is 17.6 Å². The van der Waals surface area contributed by atoms with Gasteiger partial charge >= 0.3 is 0 Å². The lowest BCUT2D eigenvalue weighted by atomic mass is 9.43. The fraction of sp³-hybridized carbons (Fsp3) is 0.650. The van der Waals surface area contributed by atoms with E-state index in [1.165, 1.54) is 43.2 Å². The van der Waals surface area contributed by atoms with Crippen molar-refractivity contribution in [3.63, 3.8) is 0 Å². The molecule has 2 atom stereocenters. The highest BCUT2D eigenvalue weighted by Crippen LogP contribution is 2.65. The van der Waals surface area contributed by atoms with Gasteiger partial charge in [-0.1, -0.05) is 36.8 Å². The van der Waals surface area contributed by atoms with Gasteiger partial charge in [0.25, 0.3) is 0 Å². The minimum Gasteiger partial charge on any atom is -0.299 e. The van der Waals surface area contributed by atoms with Crippen molar-refractivity contribution in [1.29, 1.82) is 0 Å². The van der Waals surface area contributed by atoms with Crippen molar-refractivity contribution < 1.29 is 4.79 Å². The summed E-state index contributed by atoms with van der Waals surface area (Å²) in [5.74, 6) is 2.20. The van der Waals surface area contributed by atoms with Gasteiger partial charge in [0.2, 0.25) is 0 Å². The second-order valence-corrected chi connectivity index (χ2v) is 8.64. The lowest BCUT2D eigenvalue weighted by Crippen LogP contribution is -2.54. The first-order valence-electron chi connectivity index (χ1n) is 8.55. The van der Waals surface area contributed by atoms with Crippen LogP contribution in [0.3, 0.4) is 0 Å². The van der Waals surface area contributed by atoms with Crippen molar-refractivity contribution in [1.82, 2.24) is 0 Å². The summed E-state index contributed by atoms with van der Waals surface area (Å²) in [6.07, 6.45) is 8.34. The van der Waals surface area contributed by atoms with Gasteiger partial charge < -0.3 is 0 Å². The van der Waals surface area contributed by atoms with Crippen LogP contribution < -0.4 is 0 Å². The molecule has 1 aromatic carbocycles. The molecule has 1 aromatic rings. The number of rotatable bonds is 3. The SMILES string of the molecule is Cc1cccc(CC(=O)C23CC4CC(CC(C)(C4)C2)C3)c1. The number of carbonyl (C=O) groups excluding carboxylic acids is 1. The highest BCUT2D eigenvalue weighted by Gasteiger charge is 2.58. The zero-order chi connectivity index (χ0) is 14.7. The van der Waals surface area contributed by atoms with Gasteiger partial charge in [-0.25, -0.2) is 0 Å². The van der Waals surface area contributed by atoms with Crippen LogP contribution in [0.4, 0.5) is 0 Å². The molecule has 2 unspecified atom stereocenters. The maximum Gasteiger partial charge on any atom is 0.143 e. The van der Waals surface area contributed by atoms with E-state index < -0.39 is 0 Å². The van der Waals surface area contributed by atoms with E-state index in [4.69, 9.17) is 0 Å². The lowest BCUT2D eigenvalue weighted by molar-refractivity contribution is -0.152. The molecule has 0 amide bonds. The molecule has 1 heteroatoms. The third-order valence-corrected chi connectivity index (χ3v) is 6.39. The Hall–Kier alpha value is -1.11. The van der Waals surface area contributed by atoms with Crippen molar-refractivity contribution >= 4 is 5.78 Å². The van der Waals surface area contributed by atoms with Crippen molar-refractivity contribution in [3.8, 4) is 0 Å². The van der Waals surface area contributed by atoms with Crippen molar-refractivity contribution in [3.05, 3.63) is 35.4 Å². The van der Waals surface area contributed by atoms with Gasteiger partial charge in [-0.15, -0.1) is 0 Å². The maximum atomic E-state index is 13.1. The minimum atomic E-state index is 0.0303. The molecular formula is C20H26O. The average molecular weight is 282 g/mol. The molecule has 5 rings (SSSR count). The summed E-state index contributed by atoms with van der Waals surface area (Å²) >= 11 is 0. The smallest absolute Gasteiger partial charge is 0.143 e. The molecular weight excluding hydrogens is 256 g/mol. The van der Waals surface area contributed by atoms with Gasteiger partial charge in [-0.05, 0) is 68.3 Å². The average Bonchev–Trinajstić information content (AvgIpc) is 2.35. The third-order valence-electron chi connectivity index (χ3n) is 6.39. The monoisotopic (exact) mass is 282 g/mol. The maximum absolute atomic E-state index is 13.1. The van der Waals surface area contributed by atoms with E-state index in [-0.39, 0.29) is 5.41 Å². The Morgan fingerprint density at radius 1 is 1.19 bits per heavy atom. The lowest BCUT2D eigenvalue weighted by Gasteiger charge is -2.60. The summed E-state index contributed by atoms with van der Waals surface area (Å²) in [5, 5.41) is 0. The third kappa shape index (κ3) is 2.25. The van der Waals surface area contributed by atoms with E-state index in [1.54, 1.807) is 0 Å². The van der Waals surface area contributed by atoms with Gasteiger partial charge in [0.05, 0.1) is 0 Å². The number of carbonyl (C=O) groups is 1. The minimum absolute atomic E-state index is 0.0303. The van der Waals surface area contributed by atoms with Gasteiger partial charge in [0.15, 0.2) is 0 Å². The predicted octanol–water partition coefficient (Wildman–Crippen LogP) is 4.71. The van der Waals surface area contributed by atoms with E-state index in [2.05, 4.69) is 38.1 Å². The number of hydrogen-bond acceptors (Lipinski definition) is 1. The quantitative estimate of drug-likeness (QED) is 0.784. The van der Waals surface area contributed by atoms with Crippen molar-refractivity contribution in [2.24, 2.45) is 22.7 Å². The molecule has 112 valence electrons. The van der Waals surface area contributed by atoms with Crippen LogP contribution in [0, 0.1) is 29.6 Å². The molecule has 4 fully saturated rings. The first kappa shape index (κ1) is 13.5. The van der Waals surface area contributed by atoms with Crippen LogP contribution in [0.2, 0.25) is 0 Å². The van der Waals surface area contributed by atoms with Crippen molar-refractivity contribution in [2.45, 2.75) is 58.8 Å². The zero-order valence-electron chi connectivity index (χ0n) is 13.3. The molecule has 0 N–H and O–H groups in total. The summed E-state index contributed by atoms with van der Waals surface area (Å²) < 4.78 is 0. The second-order valence-electron chi connectivity index (χ2n) is 8.64. The first-order chi connectivity index (χ1) is 9.96. The predicted molar refractivity (Wildman–Crippen MR) is 85.1 cm³/mol. The van der Waals surface area contributed by atoms with Crippen LogP contribution in [0.1, 0.15) is 56.6 Å². The van der Waals surface area contributed by atoms with Crippen LogP contribution in [0.5, 0.6) is 0 Å². The van der Waals surface area contributed by atoms with Gasteiger partial charge in [0.1, 0.15) is 5.78 Å². The standard InChI is InChI=1S/C20H26O/c1-14-4-3-5-15(6-14)8-18(21)20-11-16-7-17(12-20)10-19(2,9-16)13-20/h3-6,16-17H,7-13H2,1-2H3. The number of aryl methyl sites for hydroxylation is 1. The van der Waals surface area contributed by atoms with E-state index in [9.17, 15) is 4.79 Å². The fourth-order valence-corrected chi connectivity index (χ4v) is 6.24. The van der Waals surface area contributed by atoms with E-state index in [0.717, 1.165) is 18.3 Å². The van der Waals surface area contributed by atoms with Crippen LogP contribution in [0.25, 0.3) is 0 Å². The van der Waals surface area contributed by atoms with Gasteiger partial charge in [-0.3, -0.25) is 4.79 Å². The summed E-state index contributed by atoms with van der Waals surface area (Å²) in [7, 11) is 0. The molecule has 0 spiro atoms. The van der Waals surface area contributed by atoms with Gasteiger partial charge in [-0.2, -0.15) is 0 Å². The molecule has 4 bridgehead atoms. The summed E-state index contributed by atoms with van der Waals surface area (Å²) in [6, 6.07) is 8.49. The molecule has 0 radical (unpaired) electrons. The normalized spacial score (nSPS) is 40.5. The summed E-state index contributed by atoms with van der Waals surface area (Å²) in [4.78, 5) is 13.1. The van der Waals surface area contributed by atoms with Crippen LogP contribution in [-0.2, 0) is 11.2 Å². The Morgan fingerprint density at radius 2 is 1.90 bits per heavy atom. The number of ketones is 1. The second kappa shape index (κ2) is 4.44. The Balaban J connectivity index is 1.59. The topological polar surface area (TPSA) is 17.1 Å². The largest absolute Gasteiger partial charge is 0.299 e. The summed E-state index contributed by atoms with van der Waals surface area (Å²) in [6.45, 7) is 4.55. The first-order valence-corrected chi connectivity index (χ1v) is 8.55. The molecule has 0 heterocycles. The molecule has 4 saturated carbocycles. The molecule has 1 nitrogen and oxygen atoms in total. The summed E-state index contributed by atoms with van der Waals surface area (Å²) in [5.41, 5.74) is 2.97. The van der Waals surface area contributed by atoms with Gasteiger partial charge in [0, 0.05) is 11.8 Å². The van der Waals surface area contributed by atoms with Crippen LogP contribution in [-0.4, -0.2) is 5.78 Å². The Labute approximate surface area is 128 Å². The molecule has 4 aliphatic rings. The molecule has 21 heavy (non-hydrogen) atoms. The Bertz CT molecular complexity index is 571.